The molecule has 0 bridgehead atoms. The molecule has 0 N–H and O–H groups in total. The molecule has 86 valence electrons. The van der Waals surface area contributed by atoms with Crippen LogP contribution >= 0.6 is 11.9 Å². The molecule has 0 saturated heterocycles. The number of halogens is 3. The van der Waals surface area contributed by atoms with Gasteiger partial charge in [-0.25, -0.2) is 4.98 Å². The Hall–Kier alpha value is -0.720. The molecule has 1 heterocycles. The molecule has 1 rings (SSSR count). The van der Waals surface area contributed by atoms with E-state index >= 15 is 0 Å². The zero-order valence-electron chi connectivity index (χ0n) is 8.45. The predicted molar refractivity (Wildman–Crippen MR) is 52.3 cm³/mol. The van der Waals surface area contributed by atoms with Crippen LogP contribution < -0.4 is 0 Å². The van der Waals surface area contributed by atoms with Crippen molar-refractivity contribution < 1.29 is 13.2 Å². The zero-order chi connectivity index (χ0) is 11.5. The maximum atomic E-state index is 12.1. The molecule has 0 aliphatic rings. The second-order valence-corrected chi connectivity index (χ2v) is 4.24. The minimum atomic E-state index is -4.46. The lowest BCUT2D eigenvalue weighted by molar-refractivity contribution is -0.144. The average Bonchev–Trinajstić information content (AvgIpc) is 2.61. The van der Waals surface area contributed by atoms with Gasteiger partial charge in [-0.3, -0.25) is 0 Å². The maximum Gasteiger partial charge on any atom is 0.453 e. The van der Waals surface area contributed by atoms with Gasteiger partial charge in [0.05, 0.1) is 0 Å². The van der Waals surface area contributed by atoms with Gasteiger partial charge in [0.2, 0.25) is 0 Å². The van der Waals surface area contributed by atoms with Crippen molar-refractivity contribution >= 4 is 11.9 Å². The van der Waals surface area contributed by atoms with E-state index in [4.69, 9.17) is 0 Å². The van der Waals surface area contributed by atoms with E-state index < -0.39 is 12.0 Å². The number of aromatic nitrogens is 3. The lowest BCUT2D eigenvalue weighted by Crippen LogP contribution is -2.08. The molecule has 1 aromatic rings. The van der Waals surface area contributed by atoms with E-state index in [0.717, 1.165) is 22.6 Å². The first-order valence-corrected chi connectivity index (χ1v) is 5.50. The Morgan fingerprint density at radius 1 is 1.53 bits per heavy atom. The number of hydrogen-bond acceptors (Lipinski definition) is 3. The van der Waals surface area contributed by atoms with E-state index in [0.29, 0.717) is 5.92 Å². The summed E-state index contributed by atoms with van der Waals surface area (Å²) in [6, 6.07) is 0. The minimum Gasteiger partial charge on any atom is -0.210 e. The molecule has 0 radical (unpaired) electrons. The third kappa shape index (κ3) is 3.73. The first-order valence-electron chi connectivity index (χ1n) is 4.55. The van der Waals surface area contributed by atoms with Gasteiger partial charge in [-0.1, -0.05) is 20.3 Å². The van der Waals surface area contributed by atoms with Crippen molar-refractivity contribution in [2.75, 3.05) is 5.75 Å². The lowest BCUT2D eigenvalue weighted by atomic mass is 10.2. The van der Waals surface area contributed by atoms with Crippen molar-refractivity contribution in [3.8, 4) is 0 Å². The SMILES string of the molecule is CCC(C)CSn1cnc(C(F)(F)F)n1. The zero-order valence-corrected chi connectivity index (χ0v) is 9.27. The first-order chi connectivity index (χ1) is 6.93. The molecule has 0 aliphatic carbocycles. The molecule has 0 aromatic carbocycles. The van der Waals surface area contributed by atoms with Crippen LogP contribution in [0.5, 0.6) is 0 Å². The standard InChI is InChI=1S/C8H12F3N3S/c1-3-6(2)4-15-14-5-12-7(13-14)8(9,10)11/h5-6H,3-4H2,1-2H3. The van der Waals surface area contributed by atoms with Gasteiger partial charge >= 0.3 is 6.18 Å². The quantitative estimate of drug-likeness (QED) is 0.809. The lowest BCUT2D eigenvalue weighted by Gasteiger charge is -2.06. The first kappa shape index (κ1) is 12.4. The highest BCUT2D eigenvalue weighted by atomic mass is 32.2. The van der Waals surface area contributed by atoms with Crippen LogP contribution in [0.4, 0.5) is 13.2 Å². The summed E-state index contributed by atoms with van der Waals surface area (Å²) in [5.74, 6) is 0.102. The predicted octanol–water partition coefficient (Wildman–Crippen LogP) is 2.84. The second kappa shape index (κ2) is 4.87. The van der Waals surface area contributed by atoms with Crippen LogP contribution in [0.15, 0.2) is 6.33 Å². The van der Waals surface area contributed by atoms with E-state index in [1.165, 1.54) is 11.9 Å². The van der Waals surface area contributed by atoms with Gasteiger partial charge in [0.1, 0.15) is 6.33 Å². The largest absolute Gasteiger partial charge is 0.453 e. The van der Waals surface area contributed by atoms with Gasteiger partial charge in [-0.2, -0.15) is 17.3 Å². The van der Waals surface area contributed by atoms with Crippen LogP contribution in [0, 0.1) is 5.92 Å². The Kier molecular flexibility index (Phi) is 4.01. The molecule has 0 spiro atoms. The van der Waals surface area contributed by atoms with Crippen molar-refractivity contribution in [2.24, 2.45) is 5.92 Å². The van der Waals surface area contributed by atoms with Gasteiger partial charge in [-0.05, 0) is 17.9 Å². The molecule has 3 nitrogen and oxygen atoms in total. The molecular weight excluding hydrogens is 227 g/mol. The fourth-order valence-corrected chi connectivity index (χ4v) is 1.65. The summed E-state index contributed by atoms with van der Waals surface area (Å²) in [5, 5.41) is 3.33. The van der Waals surface area contributed by atoms with Crippen molar-refractivity contribution in [1.29, 1.82) is 0 Å². The van der Waals surface area contributed by atoms with Crippen LogP contribution in [0.2, 0.25) is 0 Å². The molecule has 0 saturated carbocycles. The third-order valence-electron chi connectivity index (χ3n) is 1.91. The normalized spacial score (nSPS) is 14.2. The molecule has 1 unspecified atom stereocenters. The summed E-state index contributed by atoms with van der Waals surface area (Å²) in [5.41, 5.74) is 0. The molecule has 0 fully saturated rings. The molecule has 0 aliphatic heterocycles. The number of nitrogens with zero attached hydrogens (tertiary/aromatic N) is 3. The molecule has 1 atom stereocenters. The van der Waals surface area contributed by atoms with E-state index in [9.17, 15) is 13.2 Å². The third-order valence-corrected chi connectivity index (χ3v) is 3.07. The Morgan fingerprint density at radius 3 is 2.67 bits per heavy atom. The van der Waals surface area contributed by atoms with Gasteiger partial charge in [0.25, 0.3) is 5.82 Å². The van der Waals surface area contributed by atoms with Crippen molar-refractivity contribution in [3.63, 3.8) is 0 Å². The fourth-order valence-electron chi connectivity index (χ4n) is 0.763. The van der Waals surface area contributed by atoms with Crippen LogP contribution in [0.3, 0.4) is 0 Å². The summed E-state index contributed by atoms with van der Waals surface area (Å²) in [7, 11) is 0. The molecular formula is C8H12F3N3S. The second-order valence-electron chi connectivity index (χ2n) is 3.28. The molecule has 1 aromatic heterocycles. The van der Waals surface area contributed by atoms with Gasteiger partial charge in [-0.15, -0.1) is 5.10 Å². The number of hydrogen-bond donors (Lipinski definition) is 0. The van der Waals surface area contributed by atoms with Crippen LogP contribution in [-0.4, -0.2) is 19.9 Å². The highest BCUT2D eigenvalue weighted by Gasteiger charge is 2.35. The molecule has 7 heteroatoms. The summed E-state index contributed by atoms with van der Waals surface area (Å²) in [6.07, 6.45) is -2.37. The summed E-state index contributed by atoms with van der Waals surface area (Å²) in [6.45, 7) is 4.07. The van der Waals surface area contributed by atoms with Crippen LogP contribution in [-0.2, 0) is 6.18 Å². The Morgan fingerprint density at radius 2 is 2.20 bits per heavy atom. The van der Waals surface area contributed by atoms with E-state index in [1.54, 1.807) is 0 Å². The number of alkyl halides is 3. The molecule has 0 amide bonds. The molecule has 15 heavy (non-hydrogen) atoms. The number of rotatable bonds is 4. The van der Waals surface area contributed by atoms with E-state index in [-0.39, 0.29) is 0 Å². The van der Waals surface area contributed by atoms with E-state index in [1.807, 2.05) is 13.8 Å². The Labute approximate surface area is 90.2 Å². The van der Waals surface area contributed by atoms with Crippen molar-refractivity contribution in [3.05, 3.63) is 12.2 Å². The van der Waals surface area contributed by atoms with Crippen LogP contribution in [0.1, 0.15) is 26.1 Å². The fraction of sp³-hybridized carbons (Fsp3) is 0.750. The maximum absolute atomic E-state index is 12.1. The summed E-state index contributed by atoms with van der Waals surface area (Å²) < 4.78 is 37.5. The Bertz CT molecular complexity index is 310. The van der Waals surface area contributed by atoms with Crippen LogP contribution in [0.25, 0.3) is 0 Å². The Balaban J connectivity index is 2.54. The highest BCUT2D eigenvalue weighted by Crippen LogP contribution is 2.26. The van der Waals surface area contributed by atoms with Gasteiger partial charge < -0.3 is 0 Å². The monoisotopic (exact) mass is 239 g/mol. The van der Waals surface area contributed by atoms with Crippen molar-refractivity contribution in [2.45, 2.75) is 26.4 Å². The summed E-state index contributed by atoms with van der Waals surface area (Å²) in [4.78, 5) is 3.20. The smallest absolute Gasteiger partial charge is 0.210 e. The van der Waals surface area contributed by atoms with Gasteiger partial charge in [0.15, 0.2) is 0 Å². The van der Waals surface area contributed by atoms with Crippen molar-refractivity contribution in [1.82, 2.24) is 14.2 Å². The minimum absolute atomic E-state index is 0.452. The highest BCUT2D eigenvalue weighted by molar-refractivity contribution is 7.97. The topological polar surface area (TPSA) is 30.7 Å². The van der Waals surface area contributed by atoms with Gasteiger partial charge in [0, 0.05) is 5.75 Å². The van der Waals surface area contributed by atoms with E-state index in [2.05, 4.69) is 10.1 Å². The summed E-state index contributed by atoms with van der Waals surface area (Å²) >= 11 is 1.23. The average molecular weight is 239 g/mol.